The van der Waals surface area contributed by atoms with Crippen molar-refractivity contribution in [2.24, 2.45) is 5.73 Å². The number of nitrogens with one attached hydrogen (secondary N) is 1. The third kappa shape index (κ3) is 4.40. The molecule has 0 spiro atoms. The zero-order chi connectivity index (χ0) is 13.8. The number of hydrogen-bond acceptors (Lipinski definition) is 3. The van der Waals surface area contributed by atoms with Gasteiger partial charge in [0.15, 0.2) is 0 Å². The van der Waals surface area contributed by atoms with Gasteiger partial charge in [0, 0.05) is 17.8 Å². The van der Waals surface area contributed by atoms with Crippen molar-refractivity contribution in [1.82, 2.24) is 4.72 Å². The third-order valence-corrected chi connectivity index (χ3v) is 4.50. The fourth-order valence-corrected chi connectivity index (χ4v) is 3.05. The lowest BCUT2D eigenvalue weighted by Crippen LogP contribution is -2.35. The highest BCUT2D eigenvalue weighted by Gasteiger charge is 2.18. The fraction of sp³-hybridized carbons (Fsp3) is 0.364. The largest absolute Gasteiger partial charge is 0.370 e. The average Bonchev–Trinajstić information content (AvgIpc) is 2.27. The Kier molecular flexibility index (Phi) is 5.30. The van der Waals surface area contributed by atoms with Crippen molar-refractivity contribution in [3.63, 3.8) is 0 Å². The Hall–Kier alpha value is -0.920. The van der Waals surface area contributed by atoms with E-state index in [9.17, 15) is 13.2 Å². The van der Waals surface area contributed by atoms with Gasteiger partial charge < -0.3 is 5.73 Å². The van der Waals surface area contributed by atoms with Crippen LogP contribution in [-0.4, -0.2) is 20.4 Å². The van der Waals surface area contributed by atoms with Crippen molar-refractivity contribution in [3.05, 3.63) is 29.8 Å². The summed E-state index contributed by atoms with van der Waals surface area (Å²) in [6.07, 6.45) is -0.0291. The van der Waals surface area contributed by atoms with E-state index in [-0.39, 0.29) is 11.3 Å². The summed E-state index contributed by atoms with van der Waals surface area (Å²) >= 11 is 3.28. The predicted molar refractivity (Wildman–Crippen MR) is 72.7 cm³/mol. The molecule has 1 unspecified atom stereocenters. The van der Waals surface area contributed by atoms with Gasteiger partial charge in [0.25, 0.3) is 0 Å². The minimum Gasteiger partial charge on any atom is -0.370 e. The van der Waals surface area contributed by atoms with Gasteiger partial charge in [-0.2, -0.15) is 0 Å². The van der Waals surface area contributed by atoms with Gasteiger partial charge in [-0.15, -0.1) is 0 Å². The van der Waals surface area contributed by atoms with Crippen LogP contribution in [0.25, 0.3) is 0 Å². The number of primary amides is 1. The molecule has 0 saturated heterocycles. The van der Waals surface area contributed by atoms with E-state index in [1.165, 1.54) is 12.1 Å². The second-order valence-corrected chi connectivity index (χ2v) is 6.25. The lowest BCUT2D eigenvalue weighted by Gasteiger charge is -2.12. The molecule has 0 heterocycles. The van der Waals surface area contributed by atoms with Crippen molar-refractivity contribution < 1.29 is 13.2 Å². The fourth-order valence-electron chi connectivity index (χ4n) is 1.43. The van der Waals surface area contributed by atoms with Gasteiger partial charge in [-0.1, -0.05) is 28.1 Å². The molecule has 7 heteroatoms. The van der Waals surface area contributed by atoms with E-state index < -0.39 is 22.0 Å². The van der Waals surface area contributed by atoms with Crippen molar-refractivity contribution in [2.75, 3.05) is 0 Å². The summed E-state index contributed by atoms with van der Waals surface area (Å²) in [5.41, 5.74) is 6.00. The molecule has 0 saturated carbocycles. The van der Waals surface area contributed by atoms with E-state index in [1.807, 2.05) is 0 Å². The molecule has 1 aromatic rings. The van der Waals surface area contributed by atoms with Crippen LogP contribution >= 0.6 is 15.9 Å². The minimum absolute atomic E-state index is 0.0291. The first kappa shape index (κ1) is 15.1. The van der Waals surface area contributed by atoms with Crippen LogP contribution in [0.2, 0.25) is 0 Å². The average molecular weight is 335 g/mol. The maximum absolute atomic E-state index is 11.9. The van der Waals surface area contributed by atoms with E-state index in [2.05, 4.69) is 20.7 Å². The van der Waals surface area contributed by atoms with Crippen LogP contribution in [0.5, 0.6) is 0 Å². The van der Waals surface area contributed by atoms with Gasteiger partial charge in [-0.25, -0.2) is 13.1 Å². The number of nitrogens with two attached hydrogens (primary N) is 1. The van der Waals surface area contributed by atoms with Gasteiger partial charge in [-0.3, -0.25) is 4.79 Å². The molecule has 0 radical (unpaired) electrons. The number of amides is 1. The number of carbonyl (C=O) groups is 1. The Labute approximate surface area is 115 Å². The summed E-state index contributed by atoms with van der Waals surface area (Å²) in [7, 11) is -3.60. The molecule has 18 heavy (non-hydrogen) atoms. The van der Waals surface area contributed by atoms with Crippen molar-refractivity contribution >= 4 is 31.9 Å². The Balaban J connectivity index is 2.82. The zero-order valence-electron chi connectivity index (χ0n) is 9.89. The summed E-state index contributed by atoms with van der Waals surface area (Å²) in [6.45, 7) is 1.59. The molecule has 0 aliphatic heterocycles. The van der Waals surface area contributed by atoms with Gasteiger partial charge in [-0.05, 0) is 24.6 Å². The molecule has 0 aliphatic carbocycles. The van der Waals surface area contributed by atoms with Crippen molar-refractivity contribution in [1.29, 1.82) is 0 Å². The van der Waals surface area contributed by atoms with E-state index in [0.717, 1.165) is 5.56 Å². The van der Waals surface area contributed by atoms with Crippen LogP contribution in [-0.2, 0) is 20.1 Å². The third-order valence-electron chi connectivity index (χ3n) is 2.25. The van der Waals surface area contributed by atoms with E-state index in [4.69, 9.17) is 5.73 Å². The Morgan fingerprint density at radius 3 is 2.39 bits per heavy atom. The number of sulfonamides is 1. The van der Waals surface area contributed by atoms with Gasteiger partial charge in [0.05, 0.1) is 4.90 Å². The number of rotatable bonds is 6. The summed E-state index contributed by atoms with van der Waals surface area (Å²) in [5, 5.41) is 0.666. The Morgan fingerprint density at radius 1 is 1.39 bits per heavy atom. The van der Waals surface area contributed by atoms with Crippen LogP contribution in [0, 0.1) is 0 Å². The predicted octanol–water partition coefficient (Wildman–Crippen LogP) is 1.12. The van der Waals surface area contributed by atoms with E-state index in [0.29, 0.717) is 5.33 Å². The molecule has 1 atom stereocenters. The Morgan fingerprint density at radius 2 is 1.94 bits per heavy atom. The maximum atomic E-state index is 11.9. The number of carbonyl (C=O) groups excluding carboxylic acids is 1. The van der Waals surface area contributed by atoms with Crippen LogP contribution in [0.3, 0.4) is 0 Å². The lowest BCUT2D eigenvalue weighted by atomic mass is 10.2. The highest BCUT2D eigenvalue weighted by atomic mass is 79.9. The molecule has 3 N–H and O–H groups in total. The monoisotopic (exact) mass is 334 g/mol. The second-order valence-electron chi connectivity index (χ2n) is 3.97. The number of alkyl halides is 1. The standard InChI is InChI=1S/C11H15BrN2O3S/c1-8(6-11(13)15)14-18(16,17)10-4-2-9(7-12)3-5-10/h2-5,8,14H,6-7H2,1H3,(H2,13,15). The molecule has 0 aliphatic rings. The van der Waals surface area contributed by atoms with Crippen molar-refractivity contribution in [2.45, 2.75) is 29.6 Å². The quantitative estimate of drug-likeness (QED) is 0.764. The number of hydrogen-bond donors (Lipinski definition) is 2. The summed E-state index contributed by atoms with van der Waals surface area (Å²) in [6, 6.07) is 5.97. The summed E-state index contributed by atoms with van der Waals surface area (Å²) in [4.78, 5) is 10.9. The first-order valence-electron chi connectivity index (χ1n) is 5.30. The minimum atomic E-state index is -3.60. The van der Waals surface area contributed by atoms with Crippen LogP contribution in [0.1, 0.15) is 18.9 Å². The van der Waals surface area contributed by atoms with E-state index in [1.54, 1.807) is 19.1 Å². The molecule has 0 aromatic heterocycles. The van der Waals surface area contributed by atoms with E-state index >= 15 is 0 Å². The maximum Gasteiger partial charge on any atom is 0.240 e. The molecule has 0 fully saturated rings. The topological polar surface area (TPSA) is 89.3 Å². The summed E-state index contributed by atoms with van der Waals surface area (Å²) in [5.74, 6) is -0.542. The molecular formula is C11H15BrN2O3S. The molecule has 0 bridgehead atoms. The molecule has 5 nitrogen and oxygen atoms in total. The first-order chi connectivity index (χ1) is 8.35. The molecule has 1 aromatic carbocycles. The molecule has 1 rings (SSSR count). The van der Waals surface area contributed by atoms with Crippen LogP contribution in [0.15, 0.2) is 29.2 Å². The van der Waals surface area contributed by atoms with Gasteiger partial charge in [0.1, 0.15) is 0 Å². The summed E-state index contributed by atoms with van der Waals surface area (Å²) < 4.78 is 26.3. The van der Waals surface area contributed by atoms with Crippen molar-refractivity contribution in [3.8, 4) is 0 Å². The second kappa shape index (κ2) is 6.31. The van der Waals surface area contributed by atoms with Gasteiger partial charge >= 0.3 is 0 Å². The smallest absolute Gasteiger partial charge is 0.240 e. The number of halogens is 1. The Bertz CT molecular complexity index is 514. The van der Waals surface area contributed by atoms with Crippen LogP contribution < -0.4 is 10.5 Å². The molecule has 100 valence electrons. The molecule has 1 amide bonds. The zero-order valence-corrected chi connectivity index (χ0v) is 12.3. The lowest BCUT2D eigenvalue weighted by molar-refractivity contribution is -0.118. The highest BCUT2D eigenvalue weighted by molar-refractivity contribution is 9.08. The SMILES string of the molecule is CC(CC(N)=O)NS(=O)(=O)c1ccc(CBr)cc1. The van der Waals surface area contributed by atoms with Gasteiger partial charge in [0.2, 0.25) is 15.9 Å². The highest BCUT2D eigenvalue weighted by Crippen LogP contribution is 2.13. The molecular weight excluding hydrogens is 320 g/mol. The number of benzene rings is 1. The first-order valence-corrected chi connectivity index (χ1v) is 7.91. The normalized spacial score (nSPS) is 13.2. The van der Waals surface area contributed by atoms with Crippen LogP contribution in [0.4, 0.5) is 0 Å².